The number of thioether (sulfide) groups is 1. The summed E-state index contributed by atoms with van der Waals surface area (Å²) < 4.78 is 34.7. The van der Waals surface area contributed by atoms with Crippen LogP contribution < -0.4 is 9.47 Å². The molecule has 2 atom stereocenters. The standard InChI is InChI=1S/C23H26N2O5S2/c1-29-18-7-3-16(4-8-18)11-12-25-20-14-32(27,28)15-21(20)31-23(25)24-22(26)13-17-5-9-19(30-2)10-6-17/h3-10,20-21H,11-15H2,1-2H3/t20-,21+/m0/s1. The van der Waals surface area contributed by atoms with E-state index in [0.29, 0.717) is 11.7 Å². The van der Waals surface area contributed by atoms with Crippen LogP contribution in [0.4, 0.5) is 0 Å². The van der Waals surface area contributed by atoms with E-state index in [-0.39, 0.29) is 35.1 Å². The van der Waals surface area contributed by atoms with Gasteiger partial charge in [0.15, 0.2) is 15.0 Å². The summed E-state index contributed by atoms with van der Waals surface area (Å²) in [5.41, 5.74) is 1.97. The highest BCUT2D eigenvalue weighted by molar-refractivity contribution is 8.15. The van der Waals surface area contributed by atoms with Crippen molar-refractivity contribution in [1.29, 1.82) is 0 Å². The molecule has 2 saturated heterocycles. The Morgan fingerprint density at radius 3 is 2.19 bits per heavy atom. The molecule has 2 fully saturated rings. The van der Waals surface area contributed by atoms with Gasteiger partial charge >= 0.3 is 0 Å². The van der Waals surface area contributed by atoms with E-state index in [4.69, 9.17) is 9.47 Å². The molecule has 7 nitrogen and oxygen atoms in total. The van der Waals surface area contributed by atoms with Gasteiger partial charge in [-0.15, -0.1) is 0 Å². The maximum absolute atomic E-state index is 12.7. The third-order valence-electron chi connectivity index (χ3n) is 5.71. The maximum atomic E-state index is 12.7. The summed E-state index contributed by atoms with van der Waals surface area (Å²) in [7, 11) is 0.158. The number of hydrogen-bond donors (Lipinski definition) is 0. The van der Waals surface area contributed by atoms with Crippen LogP contribution in [0.15, 0.2) is 53.5 Å². The smallest absolute Gasteiger partial charge is 0.252 e. The number of fused-ring (bicyclic) bond motifs is 1. The van der Waals surface area contributed by atoms with E-state index < -0.39 is 9.84 Å². The number of amides is 1. The number of benzene rings is 2. The minimum Gasteiger partial charge on any atom is -0.497 e. The zero-order chi connectivity index (χ0) is 22.7. The Balaban J connectivity index is 1.48. The van der Waals surface area contributed by atoms with E-state index in [9.17, 15) is 13.2 Å². The summed E-state index contributed by atoms with van der Waals surface area (Å²) >= 11 is 1.41. The van der Waals surface area contributed by atoms with E-state index in [2.05, 4.69) is 4.99 Å². The van der Waals surface area contributed by atoms with Gasteiger partial charge in [0, 0.05) is 11.8 Å². The van der Waals surface area contributed by atoms with Crippen LogP contribution in [0.25, 0.3) is 0 Å². The summed E-state index contributed by atoms with van der Waals surface area (Å²) in [6.07, 6.45) is 0.910. The Kier molecular flexibility index (Phi) is 6.76. The summed E-state index contributed by atoms with van der Waals surface area (Å²) in [6, 6.07) is 15.0. The van der Waals surface area contributed by atoms with E-state index in [1.165, 1.54) is 11.8 Å². The molecule has 2 heterocycles. The zero-order valence-corrected chi connectivity index (χ0v) is 19.7. The van der Waals surface area contributed by atoms with Crippen molar-refractivity contribution in [3.8, 4) is 11.5 Å². The molecule has 0 aliphatic carbocycles. The third-order valence-corrected chi connectivity index (χ3v) is 8.96. The fourth-order valence-corrected chi connectivity index (χ4v) is 8.00. The molecule has 2 aliphatic rings. The second-order valence-corrected chi connectivity index (χ2v) is 11.3. The van der Waals surface area contributed by atoms with Crippen LogP contribution in [0.3, 0.4) is 0 Å². The molecule has 0 bridgehead atoms. The number of nitrogens with zero attached hydrogens (tertiary/aromatic N) is 2. The normalized spacial score (nSPS) is 22.7. The predicted octanol–water partition coefficient (Wildman–Crippen LogP) is 2.59. The van der Waals surface area contributed by atoms with Crippen LogP contribution in [0.2, 0.25) is 0 Å². The van der Waals surface area contributed by atoms with Crippen molar-refractivity contribution >= 4 is 32.7 Å². The molecule has 0 radical (unpaired) electrons. The monoisotopic (exact) mass is 474 g/mol. The summed E-state index contributed by atoms with van der Waals surface area (Å²) in [4.78, 5) is 19.1. The first kappa shape index (κ1) is 22.7. The fraction of sp³-hybridized carbons (Fsp3) is 0.391. The third kappa shape index (κ3) is 5.27. The topological polar surface area (TPSA) is 85.3 Å². The predicted molar refractivity (Wildman–Crippen MR) is 126 cm³/mol. The number of carbonyl (C=O) groups is 1. The van der Waals surface area contributed by atoms with Crippen molar-refractivity contribution in [3.63, 3.8) is 0 Å². The number of amidine groups is 1. The van der Waals surface area contributed by atoms with Crippen molar-refractivity contribution in [2.45, 2.75) is 24.1 Å². The molecule has 2 aliphatic heterocycles. The van der Waals surface area contributed by atoms with Crippen molar-refractivity contribution < 1.29 is 22.7 Å². The Morgan fingerprint density at radius 2 is 1.59 bits per heavy atom. The average Bonchev–Trinajstić information content (AvgIpc) is 3.23. The molecule has 2 aromatic carbocycles. The molecule has 2 aromatic rings. The van der Waals surface area contributed by atoms with Gasteiger partial charge in [-0.3, -0.25) is 4.79 Å². The Hall–Kier alpha value is -2.52. The Bertz CT molecular complexity index is 1100. The molecule has 170 valence electrons. The van der Waals surface area contributed by atoms with Gasteiger partial charge in [-0.25, -0.2) is 8.42 Å². The highest BCUT2D eigenvalue weighted by atomic mass is 32.2. The molecule has 1 amide bonds. The Labute approximate surface area is 192 Å². The number of hydrogen-bond acceptors (Lipinski definition) is 6. The van der Waals surface area contributed by atoms with Crippen molar-refractivity contribution in [2.24, 2.45) is 4.99 Å². The molecule has 32 heavy (non-hydrogen) atoms. The van der Waals surface area contributed by atoms with Gasteiger partial charge in [0.2, 0.25) is 0 Å². The minimum atomic E-state index is -3.07. The molecule has 0 aromatic heterocycles. The van der Waals surface area contributed by atoms with Crippen molar-refractivity contribution in [2.75, 3.05) is 32.3 Å². The lowest BCUT2D eigenvalue weighted by Crippen LogP contribution is -2.39. The number of ether oxygens (including phenoxy) is 2. The number of carbonyl (C=O) groups excluding carboxylic acids is 1. The maximum Gasteiger partial charge on any atom is 0.252 e. The molecular formula is C23H26N2O5S2. The van der Waals surface area contributed by atoms with Crippen LogP contribution in [-0.2, 0) is 27.5 Å². The first-order valence-corrected chi connectivity index (χ1v) is 13.1. The first-order valence-electron chi connectivity index (χ1n) is 10.4. The van der Waals surface area contributed by atoms with Gasteiger partial charge < -0.3 is 14.4 Å². The number of aliphatic imine (C=N–C) groups is 1. The average molecular weight is 475 g/mol. The molecule has 0 spiro atoms. The van der Waals surface area contributed by atoms with Gasteiger partial charge in [0.05, 0.1) is 38.2 Å². The van der Waals surface area contributed by atoms with Crippen molar-refractivity contribution in [1.82, 2.24) is 4.90 Å². The number of methoxy groups -OCH3 is 2. The highest BCUT2D eigenvalue weighted by Gasteiger charge is 2.48. The number of sulfone groups is 1. The highest BCUT2D eigenvalue weighted by Crippen LogP contribution is 2.38. The van der Waals surface area contributed by atoms with E-state index in [1.54, 1.807) is 14.2 Å². The molecule has 4 rings (SSSR count). The van der Waals surface area contributed by atoms with Crippen LogP contribution in [0.5, 0.6) is 11.5 Å². The molecule has 0 N–H and O–H groups in total. The second-order valence-electron chi connectivity index (χ2n) is 7.90. The van der Waals surface area contributed by atoms with Gasteiger partial charge in [0.1, 0.15) is 11.5 Å². The van der Waals surface area contributed by atoms with E-state index in [1.807, 2.05) is 53.4 Å². The quantitative estimate of drug-likeness (QED) is 0.610. The van der Waals surface area contributed by atoms with Gasteiger partial charge in [0.25, 0.3) is 5.91 Å². The largest absolute Gasteiger partial charge is 0.497 e. The van der Waals surface area contributed by atoms with Crippen LogP contribution in [-0.4, -0.2) is 68.0 Å². The first-order chi connectivity index (χ1) is 15.4. The van der Waals surface area contributed by atoms with Crippen LogP contribution >= 0.6 is 11.8 Å². The van der Waals surface area contributed by atoms with E-state index >= 15 is 0 Å². The molecule has 0 saturated carbocycles. The number of rotatable bonds is 7. The lowest BCUT2D eigenvalue weighted by atomic mass is 10.1. The van der Waals surface area contributed by atoms with E-state index in [0.717, 1.165) is 29.0 Å². The summed E-state index contributed by atoms with van der Waals surface area (Å²) in [5.74, 6) is 1.53. The lowest BCUT2D eigenvalue weighted by molar-refractivity contribution is -0.117. The summed E-state index contributed by atoms with van der Waals surface area (Å²) in [5, 5.41) is 0.547. The van der Waals surface area contributed by atoms with Crippen LogP contribution in [0.1, 0.15) is 11.1 Å². The Morgan fingerprint density at radius 1 is 1.00 bits per heavy atom. The fourth-order valence-electron chi connectivity index (χ4n) is 4.00. The lowest BCUT2D eigenvalue weighted by Gasteiger charge is -2.24. The van der Waals surface area contributed by atoms with Gasteiger partial charge in [-0.05, 0) is 41.8 Å². The zero-order valence-electron chi connectivity index (χ0n) is 18.1. The second kappa shape index (κ2) is 9.54. The van der Waals surface area contributed by atoms with Crippen LogP contribution in [0, 0.1) is 0 Å². The summed E-state index contributed by atoms with van der Waals surface area (Å²) in [6.45, 7) is 0.602. The molecule has 9 heteroatoms. The SMILES string of the molecule is COc1ccc(CCN2C(=NC(=O)Cc3ccc(OC)cc3)S[C@@H]3CS(=O)(=O)C[C@@H]32)cc1. The van der Waals surface area contributed by atoms with Gasteiger partial charge in [-0.1, -0.05) is 36.0 Å². The molecular weight excluding hydrogens is 448 g/mol. The molecule has 0 unspecified atom stereocenters. The van der Waals surface area contributed by atoms with Crippen molar-refractivity contribution in [3.05, 3.63) is 59.7 Å². The van der Waals surface area contributed by atoms with Gasteiger partial charge in [-0.2, -0.15) is 4.99 Å². The minimum absolute atomic E-state index is 0.0802.